The summed E-state index contributed by atoms with van der Waals surface area (Å²) in [5.74, 6) is -1.52. The number of carbonyl (C=O) groups is 1. The zero-order chi connectivity index (χ0) is 13.8. The van der Waals surface area contributed by atoms with Crippen molar-refractivity contribution in [3.05, 3.63) is 47.1 Å². The predicted molar refractivity (Wildman–Crippen MR) is 59.2 cm³/mol. The fraction of sp³-hybridized carbons (Fsp3) is 0.250. The molecule has 0 N–H and O–H groups in total. The van der Waals surface area contributed by atoms with Crippen molar-refractivity contribution in [3.63, 3.8) is 0 Å². The van der Waals surface area contributed by atoms with Crippen LogP contribution in [0.4, 0.5) is 8.78 Å². The van der Waals surface area contributed by atoms with Gasteiger partial charge in [0.2, 0.25) is 5.89 Å². The Morgan fingerprint density at radius 3 is 2.63 bits per heavy atom. The number of hydrogen-bond acceptors (Lipinski definition) is 5. The third-order valence-electron chi connectivity index (χ3n) is 2.32. The van der Waals surface area contributed by atoms with Gasteiger partial charge in [0.05, 0.1) is 7.11 Å². The van der Waals surface area contributed by atoms with Crippen LogP contribution in [0.15, 0.2) is 22.7 Å². The van der Waals surface area contributed by atoms with Gasteiger partial charge in [-0.3, -0.25) is 4.79 Å². The molecule has 0 aliphatic heterocycles. The molecule has 0 saturated heterocycles. The van der Waals surface area contributed by atoms with Crippen LogP contribution in [-0.2, 0) is 22.4 Å². The Bertz CT molecular complexity index is 578. The molecule has 100 valence electrons. The summed E-state index contributed by atoms with van der Waals surface area (Å²) in [6.07, 6.45) is -0.0274. The second-order valence-corrected chi connectivity index (χ2v) is 3.81. The van der Waals surface area contributed by atoms with Gasteiger partial charge in [-0.2, -0.15) is 4.98 Å². The molecule has 0 fully saturated rings. The van der Waals surface area contributed by atoms with Crippen molar-refractivity contribution in [1.29, 1.82) is 0 Å². The summed E-state index contributed by atoms with van der Waals surface area (Å²) in [4.78, 5) is 14.9. The van der Waals surface area contributed by atoms with E-state index in [2.05, 4.69) is 14.9 Å². The van der Waals surface area contributed by atoms with Crippen LogP contribution < -0.4 is 0 Å². The van der Waals surface area contributed by atoms with Crippen molar-refractivity contribution in [2.24, 2.45) is 0 Å². The smallest absolute Gasteiger partial charge is 0.315 e. The second-order valence-electron chi connectivity index (χ2n) is 3.81. The third kappa shape index (κ3) is 3.57. The van der Waals surface area contributed by atoms with Crippen molar-refractivity contribution < 1.29 is 22.8 Å². The molecule has 2 aromatic rings. The minimum atomic E-state index is -0.673. The SMILES string of the molecule is COC(=O)Cc1nc(Cc2cc(F)cc(F)c2)no1. The molecule has 1 aromatic heterocycles. The summed E-state index contributed by atoms with van der Waals surface area (Å²) in [5.41, 5.74) is 0.378. The number of rotatable bonds is 4. The average molecular weight is 268 g/mol. The fourth-order valence-corrected chi connectivity index (χ4v) is 1.52. The maximum atomic E-state index is 13.0. The maximum Gasteiger partial charge on any atom is 0.315 e. The molecule has 1 heterocycles. The molecule has 0 aliphatic carbocycles. The van der Waals surface area contributed by atoms with Crippen molar-refractivity contribution in [2.75, 3.05) is 7.11 Å². The lowest BCUT2D eigenvalue weighted by Crippen LogP contribution is -2.04. The van der Waals surface area contributed by atoms with Gasteiger partial charge in [-0.25, -0.2) is 8.78 Å². The van der Waals surface area contributed by atoms with Crippen LogP contribution in [0.2, 0.25) is 0 Å². The summed E-state index contributed by atoms with van der Waals surface area (Å²) >= 11 is 0. The molecule has 1 aromatic carbocycles. The highest BCUT2D eigenvalue weighted by Crippen LogP contribution is 2.12. The molecule has 5 nitrogen and oxygen atoms in total. The van der Waals surface area contributed by atoms with Gasteiger partial charge in [0, 0.05) is 12.5 Å². The summed E-state index contributed by atoms with van der Waals surface area (Å²) in [6.45, 7) is 0. The lowest BCUT2D eigenvalue weighted by molar-refractivity contribution is -0.140. The summed E-state index contributed by atoms with van der Waals surface area (Å²) in [7, 11) is 1.25. The topological polar surface area (TPSA) is 65.2 Å². The highest BCUT2D eigenvalue weighted by atomic mass is 19.1. The van der Waals surface area contributed by atoms with Crippen LogP contribution in [0.3, 0.4) is 0 Å². The van der Waals surface area contributed by atoms with E-state index in [4.69, 9.17) is 4.52 Å². The molecule has 0 saturated carbocycles. The van der Waals surface area contributed by atoms with E-state index in [0.717, 1.165) is 6.07 Å². The minimum Gasteiger partial charge on any atom is -0.469 e. The van der Waals surface area contributed by atoms with E-state index in [9.17, 15) is 13.6 Å². The molecular weight excluding hydrogens is 258 g/mol. The number of aromatic nitrogens is 2. The quantitative estimate of drug-likeness (QED) is 0.789. The van der Waals surface area contributed by atoms with Gasteiger partial charge in [-0.05, 0) is 17.7 Å². The first-order valence-corrected chi connectivity index (χ1v) is 5.40. The van der Waals surface area contributed by atoms with Gasteiger partial charge in [-0.1, -0.05) is 5.16 Å². The van der Waals surface area contributed by atoms with Crippen LogP contribution in [-0.4, -0.2) is 23.2 Å². The first kappa shape index (κ1) is 13.1. The number of esters is 1. The highest BCUT2D eigenvalue weighted by Gasteiger charge is 2.12. The number of methoxy groups -OCH3 is 1. The zero-order valence-corrected chi connectivity index (χ0v) is 10.0. The van der Waals surface area contributed by atoms with E-state index in [1.165, 1.54) is 19.2 Å². The Morgan fingerprint density at radius 2 is 2.00 bits per heavy atom. The average Bonchev–Trinajstić information content (AvgIpc) is 2.74. The number of halogens is 2. The number of nitrogens with zero attached hydrogens (tertiary/aromatic N) is 2. The third-order valence-corrected chi connectivity index (χ3v) is 2.32. The number of hydrogen-bond donors (Lipinski definition) is 0. The van der Waals surface area contributed by atoms with E-state index in [-0.39, 0.29) is 24.6 Å². The minimum absolute atomic E-state index is 0.0960. The van der Waals surface area contributed by atoms with Gasteiger partial charge >= 0.3 is 5.97 Å². The second kappa shape index (κ2) is 5.55. The molecule has 0 aliphatic rings. The summed E-state index contributed by atoms with van der Waals surface area (Å²) < 4.78 is 35.2. The van der Waals surface area contributed by atoms with Gasteiger partial charge < -0.3 is 9.26 Å². The Kier molecular flexibility index (Phi) is 3.84. The Hall–Kier alpha value is -2.31. The Morgan fingerprint density at radius 1 is 1.32 bits per heavy atom. The van der Waals surface area contributed by atoms with Crippen molar-refractivity contribution in [2.45, 2.75) is 12.8 Å². The Balaban J connectivity index is 2.09. The van der Waals surface area contributed by atoms with Crippen molar-refractivity contribution in [1.82, 2.24) is 10.1 Å². The van der Waals surface area contributed by atoms with Gasteiger partial charge in [0.15, 0.2) is 5.82 Å². The molecule has 2 rings (SSSR count). The predicted octanol–water partition coefficient (Wildman–Crippen LogP) is 1.65. The highest BCUT2D eigenvalue weighted by molar-refractivity contribution is 5.71. The van der Waals surface area contributed by atoms with Crippen LogP contribution in [0, 0.1) is 11.6 Å². The lowest BCUT2D eigenvalue weighted by Gasteiger charge is -1.97. The van der Waals surface area contributed by atoms with Crippen molar-refractivity contribution in [3.8, 4) is 0 Å². The van der Waals surface area contributed by atoms with E-state index < -0.39 is 17.6 Å². The molecule has 0 amide bonds. The fourth-order valence-electron chi connectivity index (χ4n) is 1.52. The van der Waals surface area contributed by atoms with Crippen LogP contribution >= 0.6 is 0 Å². The van der Waals surface area contributed by atoms with E-state index >= 15 is 0 Å². The van der Waals surface area contributed by atoms with Gasteiger partial charge in [0.25, 0.3) is 0 Å². The molecule has 0 bridgehead atoms. The molecule has 7 heteroatoms. The van der Waals surface area contributed by atoms with E-state index in [1.807, 2.05) is 0 Å². The summed E-state index contributed by atoms with van der Waals surface area (Å²) in [5, 5.41) is 3.62. The first-order chi connectivity index (χ1) is 9.06. The monoisotopic (exact) mass is 268 g/mol. The van der Waals surface area contributed by atoms with Crippen molar-refractivity contribution >= 4 is 5.97 Å². The number of ether oxygens (including phenoxy) is 1. The normalized spacial score (nSPS) is 10.5. The molecule has 0 unspecified atom stereocenters. The first-order valence-electron chi connectivity index (χ1n) is 5.40. The van der Waals surface area contributed by atoms with Gasteiger partial charge in [-0.15, -0.1) is 0 Å². The zero-order valence-electron chi connectivity index (χ0n) is 10.0. The van der Waals surface area contributed by atoms with Crippen LogP contribution in [0.5, 0.6) is 0 Å². The number of benzene rings is 1. The summed E-state index contributed by atoms with van der Waals surface area (Å²) in [6, 6.07) is 3.14. The molecule has 0 spiro atoms. The molecular formula is C12H10F2N2O3. The lowest BCUT2D eigenvalue weighted by atomic mass is 10.1. The van der Waals surface area contributed by atoms with E-state index in [1.54, 1.807) is 0 Å². The van der Waals surface area contributed by atoms with Gasteiger partial charge in [0.1, 0.15) is 18.1 Å². The maximum absolute atomic E-state index is 13.0. The standard InChI is InChI=1S/C12H10F2N2O3/c1-18-12(17)6-11-15-10(16-19-11)4-7-2-8(13)5-9(14)3-7/h2-3,5H,4,6H2,1H3. The van der Waals surface area contributed by atoms with Crippen LogP contribution in [0.1, 0.15) is 17.3 Å². The largest absolute Gasteiger partial charge is 0.469 e. The molecule has 0 atom stereocenters. The Labute approximate surface area is 107 Å². The number of carbonyl (C=O) groups excluding carboxylic acids is 1. The molecule has 0 radical (unpaired) electrons. The van der Waals surface area contributed by atoms with E-state index in [0.29, 0.717) is 5.56 Å². The van der Waals surface area contributed by atoms with Crippen LogP contribution in [0.25, 0.3) is 0 Å². The molecule has 19 heavy (non-hydrogen) atoms.